The quantitative estimate of drug-likeness (QED) is 0.862. The second kappa shape index (κ2) is 7.30. The maximum absolute atomic E-state index is 13.5. The zero-order valence-electron chi connectivity index (χ0n) is 11.6. The van der Waals surface area contributed by atoms with E-state index >= 15 is 0 Å². The molecule has 0 aliphatic carbocycles. The van der Waals surface area contributed by atoms with E-state index in [1.165, 1.54) is 30.3 Å². The Labute approximate surface area is 141 Å². The number of hydrogen-bond acceptors (Lipinski definition) is 3. The van der Waals surface area contributed by atoms with Crippen LogP contribution in [-0.2, 0) is 4.79 Å². The molecule has 0 heterocycles. The van der Waals surface area contributed by atoms with E-state index in [1.54, 1.807) is 0 Å². The van der Waals surface area contributed by atoms with Crippen LogP contribution in [0.2, 0.25) is 10.0 Å². The molecule has 0 radical (unpaired) electrons. The number of nitrogens with two attached hydrogens (primary N) is 1. The number of rotatable bonds is 5. The Morgan fingerprint density at radius 1 is 1.13 bits per heavy atom. The van der Waals surface area contributed by atoms with Gasteiger partial charge in [0.15, 0.2) is 6.61 Å². The molecule has 2 rings (SSSR count). The van der Waals surface area contributed by atoms with E-state index in [2.05, 4.69) is 5.32 Å². The fourth-order valence-corrected chi connectivity index (χ4v) is 2.09. The Bertz CT molecular complexity index is 768. The number of benzene rings is 2. The first-order chi connectivity index (χ1) is 10.9. The minimum atomic E-state index is -0.746. The van der Waals surface area contributed by atoms with Crippen LogP contribution in [0.25, 0.3) is 0 Å². The van der Waals surface area contributed by atoms with Crippen molar-refractivity contribution >= 4 is 40.7 Å². The zero-order chi connectivity index (χ0) is 17.0. The largest absolute Gasteiger partial charge is 0.483 e. The maximum Gasteiger partial charge on any atom is 0.262 e. The zero-order valence-corrected chi connectivity index (χ0v) is 13.1. The van der Waals surface area contributed by atoms with E-state index in [4.69, 9.17) is 33.7 Å². The molecule has 0 aromatic heterocycles. The lowest BCUT2D eigenvalue weighted by Crippen LogP contribution is -2.22. The summed E-state index contributed by atoms with van der Waals surface area (Å²) in [5, 5.41) is 2.89. The van der Waals surface area contributed by atoms with Gasteiger partial charge >= 0.3 is 0 Å². The Balaban J connectivity index is 2.05. The summed E-state index contributed by atoms with van der Waals surface area (Å²) >= 11 is 11.5. The van der Waals surface area contributed by atoms with E-state index in [-0.39, 0.29) is 22.0 Å². The Kier molecular flexibility index (Phi) is 5.41. The maximum atomic E-state index is 13.5. The van der Waals surface area contributed by atoms with Crippen LogP contribution in [0.15, 0.2) is 36.4 Å². The number of carbonyl (C=O) groups is 2. The Morgan fingerprint density at radius 3 is 2.48 bits per heavy atom. The number of primary amides is 1. The fourth-order valence-electron chi connectivity index (χ4n) is 1.74. The third-order valence-electron chi connectivity index (χ3n) is 2.77. The van der Waals surface area contributed by atoms with Crippen LogP contribution in [-0.4, -0.2) is 18.4 Å². The van der Waals surface area contributed by atoms with Gasteiger partial charge in [-0.05, 0) is 36.4 Å². The van der Waals surface area contributed by atoms with Crippen LogP contribution < -0.4 is 15.8 Å². The summed E-state index contributed by atoms with van der Waals surface area (Å²) in [6, 6.07) is 7.98. The van der Waals surface area contributed by atoms with Crippen LogP contribution >= 0.6 is 23.2 Å². The highest BCUT2D eigenvalue weighted by atomic mass is 35.5. The second-order valence-corrected chi connectivity index (χ2v) is 5.34. The van der Waals surface area contributed by atoms with Gasteiger partial charge < -0.3 is 15.8 Å². The average molecular weight is 357 g/mol. The molecule has 23 heavy (non-hydrogen) atoms. The second-order valence-electron chi connectivity index (χ2n) is 4.47. The molecule has 0 saturated heterocycles. The van der Waals surface area contributed by atoms with Crippen molar-refractivity contribution in [1.29, 1.82) is 0 Å². The number of ether oxygens (including phenoxy) is 1. The van der Waals surface area contributed by atoms with Gasteiger partial charge in [-0.3, -0.25) is 9.59 Å². The summed E-state index contributed by atoms with van der Waals surface area (Å²) in [5.74, 6) is -1.91. The molecule has 2 amide bonds. The number of halogens is 3. The topological polar surface area (TPSA) is 81.4 Å². The Hall–Kier alpha value is -2.31. The van der Waals surface area contributed by atoms with Gasteiger partial charge in [-0.25, -0.2) is 4.39 Å². The van der Waals surface area contributed by atoms with Crippen molar-refractivity contribution in [3.8, 4) is 5.75 Å². The molecule has 0 spiro atoms. The summed E-state index contributed by atoms with van der Waals surface area (Å²) in [7, 11) is 0. The van der Waals surface area contributed by atoms with Crippen LogP contribution in [0.1, 0.15) is 10.4 Å². The lowest BCUT2D eigenvalue weighted by atomic mass is 10.2. The van der Waals surface area contributed by atoms with E-state index in [9.17, 15) is 14.0 Å². The van der Waals surface area contributed by atoms with Gasteiger partial charge in [-0.2, -0.15) is 0 Å². The van der Waals surface area contributed by atoms with E-state index in [0.717, 1.165) is 6.07 Å². The summed E-state index contributed by atoms with van der Waals surface area (Å²) < 4.78 is 18.7. The molecule has 0 saturated carbocycles. The molecule has 0 aliphatic heterocycles. The normalized spacial score (nSPS) is 10.2. The van der Waals surface area contributed by atoms with Gasteiger partial charge in [-0.15, -0.1) is 0 Å². The average Bonchev–Trinajstić information content (AvgIpc) is 2.49. The highest BCUT2D eigenvalue weighted by molar-refractivity contribution is 6.31. The minimum absolute atomic E-state index is 0.0410. The van der Waals surface area contributed by atoms with E-state index < -0.39 is 24.2 Å². The van der Waals surface area contributed by atoms with E-state index in [0.29, 0.717) is 5.02 Å². The standard InChI is InChI=1S/C15H11Cl2FN2O3/c16-8-2-4-13(10(5-8)15(19)22)23-7-14(21)20-12-6-9(17)1-3-11(12)18/h1-6H,7H2,(H2,19,22)(H,20,21). The van der Waals surface area contributed by atoms with Crippen LogP contribution in [0, 0.1) is 5.82 Å². The number of carbonyl (C=O) groups excluding carboxylic acids is 2. The first-order valence-electron chi connectivity index (χ1n) is 6.34. The molecule has 5 nitrogen and oxygen atoms in total. The SMILES string of the molecule is NC(=O)c1cc(Cl)ccc1OCC(=O)Nc1cc(Cl)ccc1F. The number of nitrogens with one attached hydrogen (secondary N) is 1. The van der Waals surface area contributed by atoms with Crippen molar-refractivity contribution in [2.75, 3.05) is 11.9 Å². The lowest BCUT2D eigenvalue weighted by molar-refractivity contribution is -0.118. The molecule has 3 N–H and O–H groups in total. The van der Waals surface area contributed by atoms with Crippen molar-refractivity contribution < 1.29 is 18.7 Å². The van der Waals surface area contributed by atoms with Gasteiger partial charge in [0.25, 0.3) is 11.8 Å². The summed E-state index contributed by atoms with van der Waals surface area (Å²) in [6.07, 6.45) is 0. The monoisotopic (exact) mass is 356 g/mol. The van der Waals surface area contributed by atoms with Gasteiger partial charge in [-0.1, -0.05) is 23.2 Å². The summed E-state index contributed by atoms with van der Waals surface area (Å²) in [6.45, 7) is -0.451. The molecule has 0 aliphatic rings. The molecule has 0 atom stereocenters. The van der Waals surface area contributed by atoms with Gasteiger partial charge in [0, 0.05) is 10.0 Å². The Morgan fingerprint density at radius 2 is 1.78 bits per heavy atom. The summed E-state index contributed by atoms with van der Waals surface area (Å²) in [5.41, 5.74) is 5.18. The molecule has 8 heteroatoms. The molecule has 0 unspecified atom stereocenters. The third-order valence-corrected chi connectivity index (χ3v) is 3.24. The number of hydrogen-bond donors (Lipinski definition) is 2. The molecular weight excluding hydrogens is 346 g/mol. The molecule has 2 aromatic carbocycles. The lowest BCUT2D eigenvalue weighted by Gasteiger charge is -2.11. The van der Waals surface area contributed by atoms with Crippen molar-refractivity contribution in [3.05, 3.63) is 57.8 Å². The highest BCUT2D eigenvalue weighted by Crippen LogP contribution is 2.23. The summed E-state index contributed by atoms with van der Waals surface area (Å²) in [4.78, 5) is 23.1. The van der Waals surface area contributed by atoms with Crippen molar-refractivity contribution in [3.63, 3.8) is 0 Å². The van der Waals surface area contributed by atoms with E-state index in [1.807, 2.05) is 0 Å². The van der Waals surface area contributed by atoms with Crippen molar-refractivity contribution in [2.24, 2.45) is 5.73 Å². The van der Waals surface area contributed by atoms with Gasteiger partial charge in [0.1, 0.15) is 11.6 Å². The smallest absolute Gasteiger partial charge is 0.262 e. The van der Waals surface area contributed by atoms with Crippen LogP contribution in [0.5, 0.6) is 5.75 Å². The molecule has 2 aromatic rings. The predicted molar refractivity (Wildman–Crippen MR) is 85.5 cm³/mol. The molecular formula is C15H11Cl2FN2O3. The fraction of sp³-hybridized carbons (Fsp3) is 0.0667. The van der Waals surface area contributed by atoms with Gasteiger partial charge in [0.05, 0.1) is 11.3 Å². The first-order valence-corrected chi connectivity index (χ1v) is 7.09. The number of anilines is 1. The van der Waals surface area contributed by atoms with Crippen LogP contribution in [0.4, 0.5) is 10.1 Å². The third kappa shape index (κ3) is 4.58. The van der Waals surface area contributed by atoms with Crippen molar-refractivity contribution in [2.45, 2.75) is 0 Å². The minimum Gasteiger partial charge on any atom is -0.483 e. The molecule has 0 fully saturated rings. The van der Waals surface area contributed by atoms with Gasteiger partial charge in [0.2, 0.25) is 0 Å². The highest BCUT2D eigenvalue weighted by Gasteiger charge is 2.13. The molecule has 120 valence electrons. The number of amides is 2. The predicted octanol–water partition coefficient (Wildman–Crippen LogP) is 3.25. The molecule has 0 bridgehead atoms. The van der Waals surface area contributed by atoms with Crippen LogP contribution in [0.3, 0.4) is 0 Å². The van der Waals surface area contributed by atoms with Crippen molar-refractivity contribution in [1.82, 2.24) is 0 Å². The first kappa shape index (κ1) is 17.1.